The zero-order valence-corrected chi connectivity index (χ0v) is 16.0. The first-order chi connectivity index (χ1) is 11.9. The predicted octanol–water partition coefficient (Wildman–Crippen LogP) is 2.48. The molecule has 0 radical (unpaired) electrons. The van der Waals surface area contributed by atoms with Crippen LogP contribution in [0.1, 0.15) is 5.69 Å². The van der Waals surface area contributed by atoms with Crippen LogP contribution in [-0.4, -0.2) is 65.9 Å². The topological polar surface area (TPSA) is 40.9 Å². The number of hydrogen-bond donors (Lipinski definition) is 1. The zero-order valence-electron chi connectivity index (χ0n) is 15.2. The maximum atomic E-state index is 10.4. The summed E-state index contributed by atoms with van der Waals surface area (Å²) in [6.07, 6.45) is 1.48. The third kappa shape index (κ3) is 7.08. The predicted molar refractivity (Wildman–Crippen MR) is 102 cm³/mol. The van der Waals surface area contributed by atoms with Gasteiger partial charge in [0.2, 0.25) is 0 Å². The van der Waals surface area contributed by atoms with Crippen LogP contribution in [0.4, 0.5) is 0 Å². The molecule has 0 saturated carbocycles. The molecule has 5 nitrogen and oxygen atoms in total. The number of aliphatic hydroxyl groups excluding tert-OH is 1. The van der Waals surface area contributed by atoms with Gasteiger partial charge in [-0.2, -0.15) is 0 Å². The minimum absolute atomic E-state index is 0.257. The van der Waals surface area contributed by atoms with Gasteiger partial charge in [0.25, 0.3) is 0 Å². The van der Waals surface area contributed by atoms with Gasteiger partial charge >= 0.3 is 0 Å². The van der Waals surface area contributed by atoms with Crippen molar-refractivity contribution in [1.29, 1.82) is 0 Å². The molecule has 0 aliphatic heterocycles. The van der Waals surface area contributed by atoms with Gasteiger partial charge in [-0.1, -0.05) is 11.6 Å². The van der Waals surface area contributed by atoms with Gasteiger partial charge in [-0.25, -0.2) is 0 Å². The van der Waals surface area contributed by atoms with Gasteiger partial charge in [-0.05, 0) is 50.5 Å². The van der Waals surface area contributed by atoms with Crippen molar-refractivity contribution >= 4 is 11.6 Å². The molecule has 2 rings (SSSR count). The number of benzene rings is 1. The number of aliphatic hydroxyl groups is 1. The van der Waals surface area contributed by atoms with Gasteiger partial charge < -0.3 is 19.3 Å². The second-order valence-corrected chi connectivity index (χ2v) is 7.00. The van der Waals surface area contributed by atoms with Gasteiger partial charge in [-0.3, -0.25) is 4.90 Å². The first kappa shape index (κ1) is 19.8. The van der Waals surface area contributed by atoms with E-state index >= 15 is 0 Å². The fourth-order valence-corrected chi connectivity index (χ4v) is 2.67. The molecule has 1 heterocycles. The summed E-state index contributed by atoms with van der Waals surface area (Å²) in [6.45, 7) is 3.44. The fourth-order valence-electron chi connectivity index (χ4n) is 2.54. The third-order valence-corrected chi connectivity index (χ3v) is 4.28. The van der Waals surface area contributed by atoms with Crippen molar-refractivity contribution in [3.05, 3.63) is 53.3 Å². The lowest BCUT2D eigenvalue weighted by molar-refractivity contribution is 0.0626. The molecule has 2 aromatic rings. The van der Waals surface area contributed by atoms with Crippen LogP contribution in [0.25, 0.3) is 0 Å². The maximum Gasteiger partial charge on any atom is 0.119 e. The lowest BCUT2D eigenvalue weighted by Crippen LogP contribution is -2.39. The third-order valence-electron chi connectivity index (χ3n) is 4.03. The molecule has 0 aliphatic carbocycles. The Balaban J connectivity index is 1.87. The van der Waals surface area contributed by atoms with E-state index in [9.17, 15) is 5.11 Å². The van der Waals surface area contributed by atoms with Crippen LogP contribution in [0, 0.1) is 0 Å². The molecule has 1 N–H and O–H groups in total. The number of nitrogens with zero attached hydrogens (tertiary/aromatic N) is 3. The molecule has 1 unspecified atom stereocenters. The Morgan fingerprint density at radius 3 is 2.48 bits per heavy atom. The Morgan fingerprint density at radius 1 is 1.16 bits per heavy atom. The van der Waals surface area contributed by atoms with Crippen molar-refractivity contribution in [1.82, 2.24) is 14.4 Å². The highest BCUT2D eigenvalue weighted by molar-refractivity contribution is 6.30. The monoisotopic (exact) mass is 365 g/mol. The van der Waals surface area contributed by atoms with Gasteiger partial charge in [-0.15, -0.1) is 0 Å². The van der Waals surface area contributed by atoms with E-state index < -0.39 is 6.10 Å². The first-order valence-electron chi connectivity index (χ1n) is 8.48. The summed E-state index contributed by atoms with van der Waals surface area (Å²) in [5.41, 5.74) is 1.23. The summed E-state index contributed by atoms with van der Waals surface area (Å²) < 4.78 is 7.77. The summed E-state index contributed by atoms with van der Waals surface area (Å²) in [7, 11) is 6.15. The highest BCUT2D eigenvalue weighted by Gasteiger charge is 2.14. The number of hydrogen-bond acceptors (Lipinski definition) is 4. The molecule has 6 heteroatoms. The maximum absolute atomic E-state index is 10.4. The minimum atomic E-state index is -0.557. The average molecular weight is 366 g/mol. The van der Waals surface area contributed by atoms with Crippen LogP contribution in [0.15, 0.2) is 42.6 Å². The van der Waals surface area contributed by atoms with Crippen molar-refractivity contribution < 1.29 is 9.84 Å². The largest absolute Gasteiger partial charge is 0.491 e. The van der Waals surface area contributed by atoms with Crippen LogP contribution >= 0.6 is 11.6 Å². The van der Waals surface area contributed by atoms with Crippen LogP contribution in [0.5, 0.6) is 5.75 Å². The second kappa shape index (κ2) is 9.82. The number of ether oxygens (including phenoxy) is 1. The van der Waals surface area contributed by atoms with E-state index in [1.54, 1.807) is 12.1 Å². The van der Waals surface area contributed by atoms with E-state index in [2.05, 4.69) is 34.5 Å². The van der Waals surface area contributed by atoms with E-state index in [0.717, 1.165) is 19.6 Å². The van der Waals surface area contributed by atoms with Gasteiger partial charge in [0, 0.05) is 50.1 Å². The first-order valence-corrected chi connectivity index (χ1v) is 8.85. The molecular weight excluding hydrogens is 338 g/mol. The lowest BCUT2D eigenvalue weighted by atomic mass is 10.3. The molecule has 0 saturated heterocycles. The molecule has 138 valence electrons. The standard InChI is InChI=1S/C19H28ClN3O2/c1-21(2)11-12-23(13-17-5-4-10-22(17)3)14-18(24)15-25-19-8-6-16(20)7-9-19/h4-10,18,24H,11-15H2,1-3H3. The number of aromatic nitrogens is 1. The van der Waals surface area contributed by atoms with Crippen LogP contribution in [0.3, 0.4) is 0 Å². The minimum Gasteiger partial charge on any atom is -0.491 e. The van der Waals surface area contributed by atoms with E-state index in [4.69, 9.17) is 16.3 Å². The van der Waals surface area contributed by atoms with E-state index in [-0.39, 0.29) is 6.61 Å². The Labute approximate surface area is 155 Å². The van der Waals surface area contributed by atoms with Crippen LogP contribution < -0.4 is 4.74 Å². The van der Waals surface area contributed by atoms with Crippen molar-refractivity contribution in [2.45, 2.75) is 12.6 Å². The van der Waals surface area contributed by atoms with Crippen LogP contribution in [0.2, 0.25) is 5.02 Å². The van der Waals surface area contributed by atoms with E-state index in [1.807, 2.05) is 31.4 Å². The van der Waals surface area contributed by atoms with Gasteiger partial charge in [0.1, 0.15) is 18.5 Å². The number of rotatable bonds is 10. The molecule has 1 atom stereocenters. The smallest absolute Gasteiger partial charge is 0.119 e. The van der Waals surface area contributed by atoms with Crippen molar-refractivity contribution in [3.8, 4) is 5.75 Å². The molecule has 0 fully saturated rings. The number of halogens is 1. The molecule has 1 aromatic heterocycles. The molecule has 0 bridgehead atoms. The average Bonchev–Trinajstić information content (AvgIpc) is 2.97. The van der Waals surface area contributed by atoms with E-state index in [1.165, 1.54) is 5.69 Å². The molecular formula is C19H28ClN3O2. The molecule has 0 aliphatic rings. The summed E-state index contributed by atoms with van der Waals surface area (Å²) in [5.74, 6) is 0.714. The summed E-state index contributed by atoms with van der Waals surface area (Å²) >= 11 is 5.87. The van der Waals surface area contributed by atoms with Crippen molar-refractivity contribution in [3.63, 3.8) is 0 Å². The second-order valence-electron chi connectivity index (χ2n) is 6.57. The highest BCUT2D eigenvalue weighted by Crippen LogP contribution is 2.16. The SMILES string of the molecule is CN(C)CCN(Cc1cccn1C)CC(O)COc1ccc(Cl)cc1. The Hall–Kier alpha value is -1.53. The number of aryl methyl sites for hydroxylation is 1. The normalized spacial score (nSPS) is 12.8. The summed E-state index contributed by atoms with van der Waals surface area (Å²) in [5, 5.41) is 11.1. The summed E-state index contributed by atoms with van der Waals surface area (Å²) in [6, 6.07) is 11.3. The van der Waals surface area contributed by atoms with Crippen molar-refractivity contribution in [2.24, 2.45) is 7.05 Å². The molecule has 1 aromatic carbocycles. The zero-order chi connectivity index (χ0) is 18.2. The van der Waals surface area contributed by atoms with E-state index in [0.29, 0.717) is 17.3 Å². The summed E-state index contributed by atoms with van der Waals surface area (Å²) in [4.78, 5) is 4.40. The van der Waals surface area contributed by atoms with Gasteiger partial charge in [0.15, 0.2) is 0 Å². The molecule has 0 spiro atoms. The fraction of sp³-hybridized carbons (Fsp3) is 0.474. The Kier molecular flexibility index (Phi) is 7.78. The molecule has 25 heavy (non-hydrogen) atoms. The Bertz CT molecular complexity index is 628. The Morgan fingerprint density at radius 2 is 1.88 bits per heavy atom. The van der Waals surface area contributed by atoms with Gasteiger partial charge in [0.05, 0.1) is 0 Å². The van der Waals surface area contributed by atoms with Crippen molar-refractivity contribution in [2.75, 3.05) is 40.3 Å². The van der Waals surface area contributed by atoms with Crippen LogP contribution in [-0.2, 0) is 13.6 Å². The quantitative estimate of drug-likeness (QED) is 0.702. The highest BCUT2D eigenvalue weighted by atomic mass is 35.5. The number of likely N-dealkylation sites (N-methyl/N-ethyl adjacent to an activating group) is 1. The lowest BCUT2D eigenvalue weighted by Gasteiger charge is -2.26. The molecule has 0 amide bonds.